The molecule has 1 heterocycles. The van der Waals surface area contributed by atoms with Crippen LogP contribution in [0.3, 0.4) is 0 Å². The van der Waals surface area contributed by atoms with E-state index in [9.17, 15) is 10.1 Å². The second-order valence-corrected chi connectivity index (χ2v) is 6.05. The summed E-state index contributed by atoms with van der Waals surface area (Å²) in [6.45, 7) is 2.75. The lowest BCUT2D eigenvalue weighted by Gasteiger charge is -2.28. The molecule has 2 aromatic rings. The van der Waals surface area contributed by atoms with Gasteiger partial charge in [0.25, 0.3) is 0 Å². The fraction of sp³-hybridized carbons (Fsp3) is 0.222. The van der Waals surface area contributed by atoms with E-state index in [1.54, 1.807) is 6.07 Å². The first kappa shape index (κ1) is 17.3. The van der Waals surface area contributed by atoms with Crippen LogP contribution in [0.4, 0.5) is 5.69 Å². The highest BCUT2D eigenvalue weighted by Crippen LogP contribution is 2.30. The highest BCUT2D eigenvalue weighted by Gasteiger charge is 2.18. The maximum Gasteiger partial charge on any atom is 0.313 e. The van der Waals surface area contributed by atoms with E-state index in [1.807, 2.05) is 18.2 Å². The molecule has 25 heavy (non-hydrogen) atoms. The Morgan fingerprint density at radius 2 is 2.08 bits per heavy atom. The molecule has 1 aliphatic rings. The summed E-state index contributed by atoms with van der Waals surface area (Å²) in [7, 11) is 0. The number of hydrogen-bond donors (Lipinski definition) is 0. The van der Waals surface area contributed by atoms with E-state index in [4.69, 9.17) is 21.1 Å². The number of ether oxygens (including phenoxy) is 2. The van der Waals surface area contributed by atoms with Crippen LogP contribution in [0.1, 0.15) is 5.56 Å². The lowest BCUT2D eigenvalue weighted by atomic mass is 10.2. The van der Waals surface area contributed by atoms with Gasteiger partial charge in [0, 0.05) is 24.2 Å². The predicted molar refractivity (Wildman–Crippen MR) is 94.5 cm³/mol. The number of nitrogens with zero attached hydrogens (tertiary/aromatic N) is 2. The molecule has 0 atom stereocenters. The van der Waals surface area contributed by atoms with Crippen molar-refractivity contribution in [1.29, 1.82) is 0 Å². The quantitative estimate of drug-likeness (QED) is 0.458. The van der Waals surface area contributed by atoms with Crippen molar-refractivity contribution >= 4 is 17.3 Å². The molecule has 0 amide bonds. The summed E-state index contributed by atoms with van der Waals surface area (Å²) in [5.74, 6) is 0.761. The summed E-state index contributed by atoms with van der Waals surface area (Å²) in [5.41, 5.74) is 1.04. The number of nitro groups is 1. The summed E-state index contributed by atoms with van der Waals surface area (Å²) in [5, 5.41) is 11.4. The maximum absolute atomic E-state index is 11.1. The average Bonchev–Trinajstić information content (AvgIpc) is 2.62. The first-order chi connectivity index (χ1) is 12.1. The van der Waals surface area contributed by atoms with Gasteiger partial charge in [-0.25, -0.2) is 0 Å². The molecule has 130 valence electrons. The normalized spacial score (nSPS) is 16.4. The first-order valence-electron chi connectivity index (χ1n) is 7.80. The number of morpholine rings is 1. The van der Waals surface area contributed by atoms with Gasteiger partial charge < -0.3 is 9.47 Å². The zero-order valence-corrected chi connectivity index (χ0v) is 14.2. The van der Waals surface area contributed by atoms with Crippen LogP contribution in [-0.4, -0.2) is 29.5 Å². The van der Waals surface area contributed by atoms with Gasteiger partial charge >= 0.3 is 5.69 Å². The second kappa shape index (κ2) is 8.00. The van der Waals surface area contributed by atoms with Gasteiger partial charge in [0.15, 0.2) is 0 Å². The summed E-state index contributed by atoms with van der Waals surface area (Å²) in [6.07, 6.45) is 1.42. The summed E-state index contributed by atoms with van der Waals surface area (Å²) in [4.78, 5) is 12.8. The summed E-state index contributed by atoms with van der Waals surface area (Å²) >= 11 is 5.80. The van der Waals surface area contributed by atoms with Crippen LogP contribution in [0.15, 0.2) is 60.6 Å². The second-order valence-electron chi connectivity index (χ2n) is 5.62. The number of halogens is 1. The topological polar surface area (TPSA) is 64.8 Å². The van der Waals surface area contributed by atoms with E-state index in [0.29, 0.717) is 18.9 Å². The Morgan fingerprint density at radius 3 is 2.84 bits per heavy atom. The maximum atomic E-state index is 11.1. The molecule has 0 aromatic heterocycles. The van der Waals surface area contributed by atoms with Gasteiger partial charge in [-0.05, 0) is 17.7 Å². The molecule has 0 N–H and O–H groups in total. The van der Waals surface area contributed by atoms with Crippen LogP contribution < -0.4 is 4.74 Å². The van der Waals surface area contributed by atoms with Gasteiger partial charge in [-0.3, -0.25) is 15.0 Å². The summed E-state index contributed by atoms with van der Waals surface area (Å²) in [6, 6.07) is 14.4. The molecule has 6 nitrogen and oxygen atoms in total. The Kier molecular flexibility index (Phi) is 5.53. The van der Waals surface area contributed by atoms with E-state index in [-0.39, 0.29) is 16.5 Å². The standard InChI is InChI=1S/C18H17ClN2O4/c19-15-6-7-18(17(10-15)21(22)23)25-13-16-12-20(8-9-24-16)11-14-4-2-1-3-5-14/h1-7,10,13H,8-9,11-12H2. The molecule has 2 aromatic carbocycles. The molecule has 7 heteroatoms. The largest absolute Gasteiger partial charge is 0.492 e. The van der Waals surface area contributed by atoms with Gasteiger partial charge in [-0.1, -0.05) is 41.9 Å². The van der Waals surface area contributed by atoms with Gasteiger partial charge in [-0.15, -0.1) is 0 Å². The van der Waals surface area contributed by atoms with Gasteiger partial charge in [0.2, 0.25) is 5.75 Å². The number of nitro benzene ring substituents is 1. The zero-order chi connectivity index (χ0) is 17.6. The molecule has 1 fully saturated rings. The zero-order valence-electron chi connectivity index (χ0n) is 13.4. The number of benzene rings is 2. The van der Waals surface area contributed by atoms with Crippen molar-refractivity contribution in [2.45, 2.75) is 6.54 Å². The van der Waals surface area contributed by atoms with Gasteiger partial charge in [0.1, 0.15) is 18.6 Å². The highest BCUT2D eigenvalue weighted by atomic mass is 35.5. The third-order valence-electron chi connectivity index (χ3n) is 3.76. The smallest absolute Gasteiger partial charge is 0.313 e. The molecular weight excluding hydrogens is 344 g/mol. The fourth-order valence-electron chi connectivity index (χ4n) is 2.56. The minimum absolute atomic E-state index is 0.130. The molecule has 0 bridgehead atoms. The van der Waals surface area contributed by atoms with Crippen molar-refractivity contribution in [2.75, 3.05) is 19.7 Å². The lowest BCUT2D eigenvalue weighted by molar-refractivity contribution is -0.385. The van der Waals surface area contributed by atoms with Gasteiger partial charge in [-0.2, -0.15) is 0 Å². The lowest BCUT2D eigenvalue weighted by Crippen LogP contribution is -2.34. The van der Waals surface area contributed by atoms with E-state index in [0.717, 1.165) is 13.1 Å². The van der Waals surface area contributed by atoms with Gasteiger partial charge in [0.05, 0.1) is 11.5 Å². The fourth-order valence-corrected chi connectivity index (χ4v) is 2.73. The number of rotatable bonds is 5. The Morgan fingerprint density at radius 1 is 1.28 bits per heavy atom. The third kappa shape index (κ3) is 4.71. The van der Waals surface area contributed by atoms with Crippen molar-refractivity contribution in [2.24, 2.45) is 0 Å². The monoisotopic (exact) mass is 360 g/mol. The van der Waals surface area contributed by atoms with Crippen LogP contribution in [0, 0.1) is 10.1 Å². The van der Waals surface area contributed by atoms with E-state index >= 15 is 0 Å². The molecule has 0 saturated carbocycles. The average molecular weight is 361 g/mol. The van der Waals surface area contributed by atoms with Crippen molar-refractivity contribution < 1.29 is 14.4 Å². The Balaban J connectivity index is 1.67. The molecule has 3 rings (SSSR count). The van der Waals surface area contributed by atoms with E-state index in [1.165, 1.54) is 24.0 Å². The summed E-state index contributed by atoms with van der Waals surface area (Å²) < 4.78 is 11.1. The van der Waals surface area contributed by atoms with E-state index < -0.39 is 4.92 Å². The van der Waals surface area contributed by atoms with Crippen molar-refractivity contribution in [3.63, 3.8) is 0 Å². The Hall–Kier alpha value is -2.57. The first-order valence-corrected chi connectivity index (χ1v) is 8.18. The van der Waals surface area contributed by atoms with Crippen molar-refractivity contribution in [3.05, 3.63) is 81.3 Å². The minimum Gasteiger partial charge on any atom is -0.492 e. The molecule has 0 radical (unpaired) electrons. The Labute approximate surface area is 150 Å². The van der Waals surface area contributed by atoms with Crippen molar-refractivity contribution in [1.82, 2.24) is 4.90 Å². The highest BCUT2D eigenvalue weighted by molar-refractivity contribution is 6.30. The number of hydrogen-bond acceptors (Lipinski definition) is 5. The molecule has 0 spiro atoms. The SMILES string of the molecule is O=[N+]([O-])c1cc(Cl)ccc1OC=C1CN(Cc2ccccc2)CCO1. The molecule has 1 saturated heterocycles. The minimum atomic E-state index is -0.525. The molecule has 0 aliphatic carbocycles. The van der Waals surface area contributed by atoms with Crippen LogP contribution in [0.2, 0.25) is 5.02 Å². The predicted octanol–water partition coefficient (Wildman–Crippen LogP) is 4.00. The van der Waals surface area contributed by atoms with Crippen LogP contribution >= 0.6 is 11.6 Å². The Bertz CT molecular complexity index is 780. The molecular formula is C18H17ClN2O4. The third-order valence-corrected chi connectivity index (χ3v) is 3.99. The van der Waals surface area contributed by atoms with Crippen molar-refractivity contribution in [3.8, 4) is 5.75 Å². The molecule has 0 unspecified atom stereocenters. The van der Waals surface area contributed by atoms with Crippen LogP contribution in [0.25, 0.3) is 0 Å². The van der Waals surface area contributed by atoms with Crippen LogP contribution in [0.5, 0.6) is 5.75 Å². The van der Waals surface area contributed by atoms with Crippen LogP contribution in [-0.2, 0) is 11.3 Å². The molecule has 1 aliphatic heterocycles. The van der Waals surface area contributed by atoms with E-state index in [2.05, 4.69) is 17.0 Å².